The second kappa shape index (κ2) is 3.51. The van der Waals surface area contributed by atoms with Crippen LogP contribution in [0.15, 0.2) is 23.8 Å². The quantitative estimate of drug-likeness (QED) is 0.803. The van der Waals surface area contributed by atoms with Crippen LogP contribution in [-0.2, 0) is 0 Å². The molecule has 0 bridgehead atoms. The molecule has 6 heteroatoms. The maximum absolute atomic E-state index is 10.7. The van der Waals surface area contributed by atoms with Gasteiger partial charge in [-0.05, 0) is 17.6 Å². The van der Waals surface area contributed by atoms with Crippen molar-refractivity contribution in [2.24, 2.45) is 0 Å². The fraction of sp³-hybridized carbons (Fsp3) is 0. The number of hydrogen-bond donors (Lipinski definition) is 1. The highest BCUT2D eigenvalue weighted by Crippen LogP contribution is 2.20. The molecule has 2 aromatic rings. The van der Waals surface area contributed by atoms with Crippen LogP contribution < -0.4 is 0 Å². The minimum Gasteiger partial charge on any atom is -0.476 e. The van der Waals surface area contributed by atoms with Crippen molar-refractivity contribution >= 4 is 17.5 Å². The third kappa shape index (κ3) is 1.47. The van der Waals surface area contributed by atoms with Gasteiger partial charge in [-0.15, -0.1) is 0 Å². The zero-order chi connectivity index (χ0) is 9.97. The van der Waals surface area contributed by atoms with Gasteiger partial charge in [0.15, 0.2) is 11.5 Å². The SMILES string of the molecule is O=C(O)c1nscc1-c1ncccn1. The molecule has 0 aliphatic rings. The van der Waals surface area contributed by atoms with Crippen LogP contribution in [0, 0.1) is 0 Å². The molecule has 0 aromatic carbocycles. The molecule has 0 fully saturated rings. The fourth-order valence-electron chi connectivity index (χ4n) is 0.988. The monoisotopic (exact) mass is 207 g/mol. The van der Waals surface area contributed by atoms with E-state index in [1.54, 1.807) is 23.8 Å². The molecule has 0 saturated carbocycles. The number of nitrogens with zero attached hydrogens (tertiary/aromatic N) is 3. The second-order valence-corrected chi connectivity index (χ2v) is 3.08. The number of carbonyl (C=O) groups is 1. The molecule has 70 valence electrons. The molecule has 0 aliphatic heterocycles. The van der Waals surface area contributed by atoms with E-state index in [2.05, 4.69) is 14.3 Å². The molecule has 0 radical (unpaired) electrons. The molecule has 1 N–H and O–H groups in total. The van der Waals surface area contributed by atoms with E-state index in [-0.39, 0.29) is 5.69 Å². The van der Waals surface area contributed by atoms with Crippen molar-refractivity contribution < 1.29 is 9.90 Å². The van der Waals surface area contributed by atoms with Crippen LogP contribution in [0.25, 0.3) is 11.4 Å². The molecule has 0 unspecified atom stereocenters. The molecular formula is C8H5N3O2S. The maximum Gasteiger partial charge on any atom is 0.356 e. The number of aromatic carboxylic acids is 1. The summed E-state index contributed by atoms with van der Waals surface area (Å²) in [7, 11) is 0. The summed E-state index contributed by atoms with van der Waals surface area (Å²) in [6, 6.07) is 1.67. The first-order chi connectivity index (χ1) is 6.79. The Balaban J connectivity index is 2.52. The van der Waals surface area contributed by atoms with Crippen molar-refractivity contribution in [1.82, 2.24) is 14.3 Å². The number of aromatic nitrogens is 3. The van der Waals surface area contributed by atoms with Crippen LogP contribution in [-0.4, -0.2) is 25.4 Å². The van der Waals surface area contributed by atoms with E-state index < -0.39 is 5.97 Å². The van der Waals surface area contributed by atoms with Gasteiger partial charge in [0.05, 0.1) is 5.56 Å². The summed E-state index contributed by atoms with van der Waals surface area (Å²) in [6.45, 7) is 0. The van der Waals surface area contributed by atoms with Crippen LogP contribution in [0.3, 0.4) is 0 Å². The lowest BCUT2D eigenvalue weighted by Crippen LogP contribution is -1.99. The molecule has 2 aromatic heterocycles. The normalized spacial score (nSPS) is 10.0. The Kier molecular flexibility index (Phi) is 2.19. The first kappa shape index (κ1) is 8.76. The molecule has 2 rings (SSSR count). The molecule has 0 spiro atoms. The Labute approximate surface area is 83.2 Å². The maximum atomic E-state index is 10.7. The lowest BCUT2D eigenvalue weighted by molar-refractivity contribution is 0.0692. The summed E-state index contributed by atoms with van der Waals surface area (Å²) in [5.41, 5.74) is 0.462. The van der Waals surface area contributed by atoms with Gasteiger partial charge >= 0.3 is 5.97 Å². The third-order valence-corrected chi connectivity index (χ3v) is 2.21. The summed E-state index contributed by atoms with van der Waals surface area (Å²) >= 11 is 1.08. The van der Waals surface area contributed by atoms with Gasteiger partial charge in [-0.2, -0.15) is 4.37 Å². The Morgan fingerprint density at radius 3 is 2.71 bits per heavy atom. The van der Waals surface area contributed by atoms with Gasteiger partial charge in [0.2, 0.25) is 0 Å². The zero-order valence-corrected chi connectivity index (χ0v) is 7.73. The predicted molar refractivity (Wildman–Crippen MR) is 50.1 cm³/mol. The van der Waals surface area contributed by atoms with Crippen molar-refractivity contribution in [1.29, 1.82) is 0 Å². The van der Waals surface area contributed by atoms with E-state index in [9.17, 15) is 4.79 Å². The smallest absolute Gasteiger partial charge is 0.356 e. The van der Waals surface area contributed by atoms with E-state index in [0.717, 1.165) is 11.5 Å². The first-order valence-corrected chi connectivity index (χ1v) is 4.58. The second-order valence-electron chi connectivity index (χ2n) is 2.45. The van der Waals surface area contributed by atoms with Crippen LogP contribution in [0.4, 0.5) is 0 Å². The molecule has 14 heavy (non-hydrogen) atoms. The molecule has 2 heterocycles. The van der Waals surface area contributed by atoms with Crippen molar-refractivity contribution in [3.63, 3.8) is 0 Å². The highest BCUT2D eigenvalue weighted by Gasteiger charge is 2.16. The zero-order valence-electron chi connectivity index (χ0n) is 6.91. The number of rotatable bonds is 2. The van der Waals surface area contributed by atoms with Crippen molar-refractivity contribution in [2.45, 2.75) is 0 Å². The average molecular weight is 207 g/mol. The highest BCUT2D eigenvalue weighted by molar-refractivity contribution is 7.04. The third-order valence-electron chi connectivity index (χ3n) is 1.58. The van der Waals surface area contributed by atoms with Crippen molar-refractivity contribution in [3.8, 4) is 11.4 Å². The van der Waals surface area contributed by atoms with Gasteiger partial charge in [-0.25, -0.2) is 14.8 Å². The molecule has 0 saturated heterocycles. The lowest BCUT2D eigenvalue weighted by atomic mass is 10.2. The summed E-state index contributed by atoms with van der Waals surface area (Å²) in [5, 5.41) is 10.4. The number of carboxylic acids is 1. The molecular weight excluding hydrogens is 202 g/mol. The lowest BCUT2D eigenvalue weighted by Gasteiger charge is -1.95. The van der Waals surface area contributed by atoms with Gasteiger partial charge in [-0.1, -0.05) is 0 Å². The minimum atomic E-state index is -1.06. The predicted octanol–water partition coefficient (Wildman–Crippen LogP) is 1.30. The Morgan fingerprint density at radius 2 is 2.07 bits per heavy atom. The Bertz CT molecular complexity index is 455. The number of hydrogen-bond acceptors (Lipinski definition) is 5. The summed E-state index contributed by atoms with van der Waals surface area (Å²) in [6.07, 6.45) is 3.12. The summed E-state index contributed by atoms with van der Waals surface area (Å²) < 4.78 is 3.75. The summed E-state index contributed by atoms with van der Waals surface area (Å²) in [4.78, 5) is 18.7. The topological polar surface area (TPSA) is 76.0 Å². The van der Waals surface area contributed by atoms with Crippen molar-refractivity contribution in [3.05, 3.63) is 29.5 Å². The number of carboxylic acid groups (broad SMARTS) is 1. The first-order valence-electron chi connectivity index (χ1n) is 3.74. The fourth-order valence-corrected chi connectivity index (χ4v) is 1.64. The van der Waals surface area contributed by atoms with Crippen molar-refractivity contribution in [2.75, 3.05) is 0 Å². The molecule has 5 nitrogen and oxygen atoms in total. The van der Waals surface area contributed by atoms with Gasteiger partial charge < -0.3 is 5.11 Å². The van der Waals surface area contributed by atoms with Crippen LogP contribution >= 0.6 is 11.5 Å². The largest absolute Gasteiger partial charge is 0.476 e. The van der Waals surface area contributed by atoms with Gasteiger partial charge in [0.1, 0.15) is 0 Å². The van der Waals surface area contributed by atoms with E-state index in [1.807, 2.05) is 0 Å². The van der Waals surface area contributed by atoms with Crippen LogP contribution in [0.5, 0.6) is 0 Å². The van der Waals surface area contributed by atoms with E-state index in [4.69, 9.17) is 5.11 Å². The molecule has 0 atom stereocenters. The Hall–Kier alpha value is -1.82. The van der Waals surface area contributed by atoms with Crippen LogP contribution in [0.1, 0.15) is 10.5 Å². The summed E-state index contributed by atoms with van der Waals surface area (Å²) in [5.74, 6) is -0.674. The van der Waals surface area contributed by atoms with Gasteiger partial charge in [0, 0.05) is 17.8 Å². The van der Waals surface area contributed by atoms with Gasteiger partial charge in [-0.3, -0.25) is 0 Å². The standard InChI is InChI=1S/C8H5N3O2S/c12-8(13)6-5(4-14-11-6)7-9-2-1-3-10-7/h1-4H,(H,12,13). The molecule has 0 amide bonds. The highest BCUT2D eigenvalue weighted by atomic mass is 32.1. The minimum absolute atomic E-state index is 0.00111. The van der Waals surface area contributed by atoms with E-state index in [0.29, 0.717) is 11.4 Å². The van der Waals surface area contributed by atoms with E-state index in [1.165, 1.54) is 0 Å². The molecule has 0 aliphatic carbocycles. The van der Waals surface area contributed by atoms with Crippen LogP contribution in [0.2, 0.25) is 0 Å². The van der Waals surface area contributed by atoms with E-state index >= 15 is 0 Å². The average Bonchev–Trinajstić information content (AvgIpc) is 2.67. The Morgan fingerprint density at radius 1 is 1.36 bits per heavy atom. The van der Waals surface area contributed by atoms with Gasteiger partial charge in [0.25, 0.3) is 0 Å².